The molecule has 0 aliphatic rings. The molecule has 0 amide bonds. The first-order valence-electron chi connectivity index (χ1n) is 5.85. The first-order chi connectivity index (χ1) is 7.52. The predicted octanol–water partition coefficient (Wildman–Crippen LogP) is 1.02. The zero-order chi connectivity index (χ0) is 12.1. The number of aromatic nitrogens is 2. The summed E-state index contributed by atoms with van der Waals surface area (Å²) in [5, 5.41) is 7.57. The molecule has 0 radical (unpaired) electrons. The molecule has 92 valence electrons. The van der Waals surface area contributed by atoms with E-state index in [-0.39, 0.29) is 0 Å². The molecule has 1 aromatic heterocycles. The SMILES string of the molecule is CNCC(C)CN(C)Cc1cc(C)nn1C. The van der Waals surface area contributed by atoms with Gasteiger partial charge in [0.25, 0.3) is 0 Å². The van der Waals surface area contributed by atoms with Gasteiger partial charge in [0.15, 0.2) is 0 Å². The van der Waals surface area contributed by atoms with E-state index in [4.69, 9.17) is 0 Å². The molecule has 0 saturated heterocycles. The first-order valence-corrected chi connectivity index (χ1v) is 5.85. The predicted molar refractivity (Wildman–Crippen MR) is 67.4 cm³/mol. The van der Waals surface area contributed by atoms with E-state index in [2.05, 4.69) is 35.4 Å². The van der Waals surface area contributed by atoms with E-state index in [0.29, 0.717) is 5.92 Å². The fourth-order valence-corrected chi connectivity index (χ4v) is 2.10. The summed E-state index contributed by atoms with van der Waals surface area (Å²) in [5.74, 6) is 0.671. The third-order valence-electron chi connectivity index (χ3n) is 2.71. The number of hydrogen-bond donors (Lipinski definition) is 1. The summed E-state index contributed by atoms with van der Waals surface area (Å²) in [4.78, 5) is 2.35. The minimum absolute atomic E-state index is 0.671. The molecule has 16 heavy (non-hydrogen) atoms. The minimum Gasteiger partial charge on any atom is -0.319 e. The maximum atomic E-state index is 4.36. The van der Waals surface area contributed by atoms with Gasteiger partial charge < -0.3 is 10.2 Å². The highest BCUT2D eigenvalue weighted by molar-refractivity contribution is 5.08. The zero-order valence-corrected chi connectivity index (χ0v) is 11.1. The normalized spacial score (nSPS) is 13.4. The van der Waals surface area contributed by atoms with Crippen molar-refractivity contribution in [2.45, 2.75) is 20.4 Å². The van der Waals surface area contributed by atoms with Gasteiger partial charge in [-0.3, -0.25) is 4.68 Å². The molecule has 0 bridgehead atoms. The Morgan fingerprint density at radius 2 is 2.25 bits per heavy atom. The lowest BCUT2D eigenvalue weighted by atomic mass is 10.1. The van der Waals surface area contributed by atoms with Crippen LogP contribution < -0.4 is 5.32 Å². The lowest BCUT2D eigenvalue weighted by molar-refractivity contribution is 0.270. The maximum Gasteiger partial charge on any atom is 0.0597 e. The number of aryl methyl sites for hydroxylation is 2. The van der Waals surface area contributed by atoms with E-state index in [1.165, 1.54) is 5.69 Å². The summed E-state index contributed by atoms with van der Waals surface area (Å²) in [6, 6.07) is 2.15. The van der Waals surface area contributed by atoms with Crippen LogP contribution in [0.5, 0.6) is 0 Å². The highest BCUT2D eigenvalue weighted by atomic mass is 15.3. The van der Waals surface area contributed by atoms with E-state index >= 15 is 0 Å². The van der Waals surface area contributed by atoms with Crippen molar-refractivity contribution in [3.05, 3.63) is 17.5 Å². The second-order valence-electron chi connectivity index (χ2n) is 4.76. The molecule has 1 unspecified atom stereocenters. The van der Waals surface area contributed by atoms with Crippen molar-refractivity contribution in [3.63, 3.8) is 0 Å². The second kappa shape index (κ2) is 6.01. The smallest absolute Gasteiger partial charge is 0.0597 e. The van der Waals surface area contributed by atoms with Gasteiger partial charge in [0.2, 0.25) is 0 Å². The highest BCUT2D eigenvalue weighted by Gasteiger charge is 2.09. The van der Waals surface area contributed by atoms with E-state index in [9.17, 15) is 0 Å². The van der Waals surface area contributed by atoms with Crippen molar-refractivity contribution in [2.75, 3.05) is 27.2 Å². The van der Waals surface area contributed by atoms with Gasteiger partial charge in [-0.05, 0) is 39.5 Å². The second-order valence-corrected chi connectivity index (χ2v) is 4.76. The Hall–Kier alpha value is -0.870. The number of rotatable bonds is 6. The van der Waals surface area contributed by atoms with Crippen LogP contribution in [0.3, 0.4) is 0 Å². The van der Waals surface area contributed by atoms with Gasteiger partial charge in [0.1, 0.15) is 0 Å². The van der Waals surface area contributed by atoms with Gasteiger partial charge in [-0.15, -0.1) is 0 Å². The molecule has 0 aromatic carbocycles. The van der Waals surface area contributed by atoms with Crippen molar-refractivity contribution in [3.8, 4) is 0 Å². The summed E-state index contributed by atoms with van der Waals surface area (Å²) in [7, 11) is 6.17. The molecule has 0 spiro atoms. The van der Waals surface area contributed by atoms with Gasteiger partial charge in [-0.1, -0.05) is 6.92 Å². The molecule has 1 rings (SSSR count). The summed E-state index contributed by atoms with van der Waals surface area (Å²) in [5.41, 5.74) is 2.37. The molecule has 0 fully saturated rings. The van der Waals surface area contributed by atoms with Gasteiger partial charge in [0, 0.05) is 20.1 Å². The quantitative estimate of drug-likeness (QED) is 0.783. The Labute approximate surface area is 98.6 Å². The number of nitrogens with zero attached hydrogens (tertiary/aromatic N) is 3. The van der Waals surface area contributed by atoms with Gasteiger partial charge >= 0.3 is 0 Å². The molecule has 1 heterocycles. The van der Waals surface area contributed by atoms with Crippen LogP contribution in [0.15, 0.2) is 6.07 Å². The molecule has 1 aromatic rings. The van der Waals surface area contributed by atoms with Crippen LogP contribution in [0.4, 0.5) is 0 Å². The summed E-state index contributed by atoms with van der Waals surface area (Å²) in [6.07, 6.45) is 0. The first kappa shape index (κ1) is 13.2. The van der Waals surface area contributed by atoms with Crippen molar-refractivity contribution in [1.82, 2.24) is 20.0 Å². The summed E-state index contributed by atoms with van der Waals surface area (Å²) < 4.78 is 1.97. The number of nitrogens with one attached hydrogen (secondary N) is 1. The Balaban J connectivity index is 2.45. The fraction of sp³-hybridized carbons (Fsp3) is 0.750. The molecular formula is C12H24N4. The van der Waals surface area contributed by atoms with Crippen LogP contribution in [-0.4, -0.2) is 41.9 Å². The zero-order valence-electron chi connectivity index (χ0n) is 11.1. The topological polar surface area (TPSA) is 33.1 Å². The molecule has 0 saturated carbocycles. The van der Waals surface area contributed by atoms with Crippen LogP contribution in [0.2, 0.25) is 0 Å². The lowest BCUT2D eigenvalue weighted by Gasteiger charge is -2.21. The average molecular weight is 224 g/mol. The van der Waals surface area contributed by atoms with Crippen molar-refractivity contribution in [2.24, 2.45) is 13.0 Å². The summed E-state index contributed by atoms with van der Waals surface area (Å²) >= 11 is 0. The van der Waals surface area contributed by atoms with Gasteiger partial charge in [-0.25, -0.2) is 0 Å². The minimum atomic E-state index is 0.671. The molecular weight excluding hydrogens is 200 g/mol. The Morgan fingerprint density at radius 3 is 2.75 bits per heavy atom. The summed E-state index contributed by atoms with van der Waals surface area (Å²) in [6.45, 7) is 7.43. The molecule has 0 aliphatic heterocycles. The molecule has 0 aliphatic carbocycles. The van der Waals surface area contributed by atoms with Crippen LogP contribution in [-0.2, 0) is 13.6 Å². The van der Waals surface area contributed by atoms with Crippen LogP contribution in [0.25, 0.3) is 0 Å². The Bertz CT molecular complexity index is 319. The van der Waals surface area contributed by atoms with Crippen molar-refractivity contribution in [1.29, 1.82) is 0 Å². The van der Waals surface area contributed by atoms with Gasteiger partial charge in [0.05, 0.1) is 11.4 Å². The third kappa shape index (κ3) is 3.94. The standard InChI is InChI=1S/C12H24N4/c1-10(7-13-3)8-15(4)9-12-6-11(2)14-16(12)5/h6,10,13H,7-9H2,1-5H3. The van der Waals surface area contributed by atoms with Gasteiger partial charge in [-0.2, -0.15) is 5.10 Å². The lowest BCUT2D eigenvalue weighted by Crippen LogP contribution is -2.29. The monoisotopic (exact) mass is 224 g/mol. The van der Waals surface area contributed by atoms with E-state index in [1.54, 1.807) is 0 Å². The third-order valence-corrected chi connectivity index (χ3v) is 2.71. The molecule has 4 heteroatoms. The highest BCUT2D eigenvalue weighted by Crippen LogP contribution is 2.06. The van der Waals surface area contributed by atoms with E-state index < -0.39 is 0 Å². The average Bonchev–Trinajstić information content (AvgIpc) is 2.44. The van der Waals surface area contributed by atoms with E-state index in [0.717, 1.165) is 25.3 Å². The Kier molecular flexibility index (Phi) is 4.96. The molecule has 1 atom stereocenters. The van der Waals surface area contributed by atoms with E-state index in [1.807, 2.05) is 25.7 Å². The van der Waals surface area contributed by atoms with Crippen molar-refractivity contribution < 1.29 is 0 Å². The van der Waals surface area contributed by atoms with Crippen LogP contribution >= 0.6 is 0 Å². The fourth-order valence-electron chi connectivity index (χ4n) is 2.10. The molecule has 4 nitrogen and oxygen atoms in total. The maximum absolute atomic E-state index is 4.36. The van der Waals surface area contributed by atoms with Crippen LogP contribution in [0.1, 0.15) is 18.3 Å². The number of hydrogen-bond acceptors (Lipinski definition) is 3. The largest absolute Gasteiger partial charge is 0.319 e. The molecule has 1 N–H and O–H groups in total. The van der Waals surface area contributed by atoms with Crippen LogP contribution in [0, 0.1) is 12.8 Å². The van der Waals surface area contributed by atoms with Crippen molar-refractivity contribution >= 4 is 0 Å². The Morgan fingerprint density at radius 1 is 1.56 bits per heavy atom.